The number of hydrogen-bond acceptors (Lipinski definition) is 4. The van der Waals surface area contributed by atoms with E-state index in [1.165, 1.54) is 13.3 Å². The Hall–Kier alpha value is -2.79. The minimum atomic E-state index is -0.464. The molecular formula is C18H15ClN2O3. The van der Waals surface area contributed by atoms with Crippen LogP contribution in [0.5, 0.6) is 5.88 Å². The molecule has 0 unspecified atom stereocenters. The third kappa shape index (κ3) is 2.98. The number of aromatic hydroxyl groups is 1. The molecule has 0 fully saturated rings. The number of H-pyrrole nitrogens is 1. The van der Waals surface area contributed by atoms with Gasteiger partial charge in [0.1, 0.15) is 0 Å². The second kappa shape index (κ2) is 6.37. The zero-order valence-corrected chi connectivity index (χ0v) is 13.9. The van der Waals surface area contributed by atoms with Gasteiger partial charge in [-0.2, -0.15) is 0 Å². The monoisotopic (exact) mass is 342 g/mol. The van der Waals surface area contributed by atoms with Gasteiger partial charge < -0.3 is 14.8 Å². The number of hydrogen-bond donors (Lipinski definition) is 2. The van der Waals surface area contributed by atoms with E-state index in [1.54, 1.807) is 18.2 Å². The molecule has 0 aliphatic heterocycles. The van der Waals surface area contributed by atoms with E-state index in [1.807, 2.05) is 25.1 Å². The number of esters is 1. The van der Waals surface area contributed by atoms with Crippen LogP contribution in [0.25, 0.3) is 10.9 Å². The van der Waals surface area contributed by atoms with E-state index in [-0.39, 0.29) is 5.88 Å². The molecule has 3 rings (SSSR count). The Balaban J connectivity index is 2.02. The molecule has 0 atom stereocenters. The molecule has 2 N–H and O–H groups in total. The van der Waals surface area contributed by atoms with Gasteiger partial charge in [-0.3, -0.25) is 4.99 Å². The quantitative estimate of drug-likeness (QED) is 0.548. The van der Waals surface area contributed by atoms with Crippen LogP contribution >= 0.6 is 11.6 Å². The minimum absolute atomic E-state index is 0.0274. The Bertz CT molecular complexity index is 960. The lowest BCUT2D eigenvalue weighted by Gasteiger charge is -2.02. The first-order chi connectivity index (χ1) is 11.5. The van der Waals surface area contributed by atoms with E-state index in [9.17, 15) is 9.90 Å². The summed E-state index contributed by atoms with van der Waals surface area (Å²) in [6, 6.07) is 10.5. The van der Waals surface area contributed by atoms with Crippen molar-refractivity contribution < 1.29 is 14.6 Å². The maximum absolute atomic E-state index is 11.6. The summed E-state index contributed by atoms with van der Waals surface area (Å²) in [5.41, 5.74) is 3.24. The molecule has 6 heteroatoms. The predicted octanol–water partition coefficient (Wildman–Crippen LogP) is 4.37. The van der Waals surface area contributed by atoms with Gasteiger partial charge >= 0.3 is 5.97 Å². The summed E-state index contributed by atoms with van der Waals surface area (Å²) in [5.74, 6) is -0.437. The summed E-state index contributed by atoms with van der Waals surface area (Å²) >= 11 is 6.13. The number of benzene rings is 2. The summed E-state index contributed by atoms with van der Waals surface area (Å²) in [4.78, 5) is 18.8. The Morgan fingerprint density at radius 1 is 1.29 bits per heavy atom. The maximum Gasteiger partial charge on any atom is 0.337 e. The van der Waals surface area contributed by atoms with Crippen molar-refractivity contribution in [3.8, 4) is 5.88 Å². The summed E-state index contributed by atoms with van der Waals surface area (Å²) in [5, 5.41) is 11.3. The molecule has 0 amide bonds. The molecule has 0 radical (unpaired) electrons. The molecule has 1 heterocycles. The second-order valence-electron chi connectivity index (χ2n) is 5.35. The highest BCUT2D eigenvalue weighted by Crippen LogP contribution is 2.29. The summed E-state index contributed by atoms with van der Waals surface area (Å²) in [6.07, 6.45) is 1.52. The summed E-state index contributed by atoms with van der Waals surface area (Å²) in [6.45, 7) is 1.98. The molecule has 0 bridgehead atoms. The van der Waals surface area contributed by atoms with Gasteiger partial charge in [0, 0.05) is 17.1 Å². The average Bonchev–Trinajstić information content (AvgIpc) is 2.87. The van der Waals surface area contributed by atoms with Crippen molar-refractivity contribution in [2.45, 2.75) is 6.92 Å². The van der Waals surface area contributed by atoms with Crippen LogP contribution in [0.3, 0.4) is 0 Å². The van der Waals surface area contributed by atoms with Crippen molar-refractivity contribution in [3.63, 3.8) is 0 Å². The molecular weight excluding hydrogens is 328 g/mol. The fraction of sp³-hybridized carbons (Fsp3) is 0.111. The van der Waals surface area contributed by atoms with Crippen LogP contribution in [-0.2, 0) is 4.74 Å². The summed E-state index contributed by atoms with van der Waals surface area (Å²) in [7, 11) is 1.31. The molecule has 0 saturated carbocycles. The fourth-order valence-electron chi connectivity index (χ4n) is 2.44. The van der Waals surface area contributed by atoms with Crippen LogP contribution in [0.15, 0.2) is 41.4 Å². The van der Waals surface area contributed by atoms with E-state index in [0.717, 1.165) is 16.5 Å². The normalized spacial score (nSPS) is 11.3. The number of halogens is 1. The number of rotatable bonds is 3. The smallest absolute Gasteiger partial charge is 0.337 e. The maximum atomic E-state index is 11.6. The first-order valence-electron chi connectivity index (χ1n) is 7.23. The first kappa shape index (κ1) is 16.1. The highest BCUT2D eigenvalue weighted by Gasteiger charge is 2.11. The van der Waals surface area contributed by atoms with Crippen LogP contribution in [-0.4, -0.2) is 29.4 Å². The van der Waals surface area contributed by atoms with E-state index in [2.05, 4.69) is 9.98 Å². The first-order valence-corrected chi connectivity index (χ1v) is 7.60. The van der Waals surface area contributed by atoms with Gasteiger partial charge in [0.15, 0.2) is 5.88 Å². The van der Waals surface area contributed by atoms with E-state index in [0.29, 0.717) is 21.8 Å². The molecule has 0 aliphatic rings. The van der Waals surface area contributed by atoms with Gasteiger partial charge in [-0.15, -0.1) is 0 Å². The molecule has 0 saturated heterocycles. The van der Waals surface area contributed by atoms with Crippen LogP contribution in [0.2, 0.25) is 5.02 Å². The Labute approximate surface area is 143 Å². The molecule has 0 spiro atoms. The molecule has 1 aromatic heterocycles. The molecule has 24 heavy (non-hydrogen) atoms. The Morgan fingerprint density at radius 2 is 2.08 bits per heavy atom. The van der Waals surface area contributed by atoms with Gasteiger partial charge in [-0.25, -0.2) is 4.79 Å². The second-order valence-corrected chi connectivity index (χ2v) is 5.76. The highest BCUT2D eigenvalue weighted by molar-refractivity contribution is 6.33. The van der Waals surface area contributed by atoms with Crippen molar-refractivity contribution in [2.75, 3.05) is 7.11 Å². The van der Waals surface area contributed by atoms with Crippen molar-refractivity contribution in [1.29, 1.82) is 0 Å². The molecule has 2 aromatic carbocycles. The van der Waals surface area contributed by atoms with Crippen molar-refractivity contribution >= 4 is 40.4 Å². The fourth-order valence-corrected chi connectivity index (χ4v) is 2.61. The van der Waals surface area contributed by atoms with Crippen LogP contribution < -0.4 is 0 Å². The van der Waals surface area contributed by atoms with Gasteiger partial charge in [-0.1, -0.05) is 23.7 Å². The third-order valence-electron chi connectivity index (χ3n) is 3.67. The van der Waals surface area contributed by atoms with Gasteiger partial charge in [0.2, 0.25) is 0 Å². The van der Waals surface area contributed by atoms with Crippen LogP contribution in [0.1, 0.15) is 21.5 Å². The number of aliphatic imine (C=N–C) groups is 1. The Morgan fingerprint density at radius 3 is 2.83 bits per heavy atom. The largest absolute Gasteiger partial charge is 0.494 e. The molecule has 122 valence electrons. The number of aromatic amines is 1. The predicted molar refractivity (Wildman–Crippen MR) is 94.7 cm³/mol. The molecule has 5 nitrogen and oxygen atoms in total. The van der Waals surface area contributed by atoms with Gasteiger partial charge in [0.25, 0.3) is 0 Å². The van der Waals surface area contributed by atoms with Gasteiger partial charge in [-0.05, 0) is 36.8 Å². The lowest BCUT2D eigenvalue weighted by molar-refractivity contribution is 0.0601. The minimum Gasteiger partial charge on any atom is -0.494 e. The lowest BCUT2D eigenvalue weighted by atomic mass is 10.1. The molecule has 0 aliphatic carbocycles. The number of methoxy groups -OCH3 is 1. The zero-order chi connectivity index (χ0) is 17.3. The zero-order valence-electron chi connectivity index (χ0n) is 13.1. The van der Waals surface area contributed by atoms with Crippen LogP contribution in [0.4, 0.5) is 5.69 Å². The van der Waals surface area contributed by atoms with Crippen molar-refractivity contribution in [1.82, 2.24) is 4.98 Å². The summed E-state index contributed by atoms with van der Waals surface area (Å²) < 4.78 is 4.69. The van der Waals surface area contributed by atoms with Gasteiger partial charge in [0.05, 0.1) is 28.9 Å². The average molecular weight is 343 g/mol. The number of aryl methyl sites for hydroxylation is 1. The number of nitrogens with one attached hydrogen (secondary N) is 1. The lowest BCUT2D eigenvalue weighted by Crippen LogP contribution is -2.00. The van der Waals surface area contributed by atoms with Crippen molar-refractivity contribution in [2.24, 2.45) is 4.99 Å². The highest BCUT2D eigenvalue weighted by atomic mass is 35.5. The number of ether oxygens (including phenoxy) is 1. The number of carbonyl (C=O) groups excluding carboxylic acids is 1. The van der Waals surface area contributed by atoms with E-state index < -0.39 is 5.97 Å². The van der Waals surface area contributed by atoms with Crippen molar-refractivity contribution in [3.05, 3.63) is 58.1 Å². The number of fused-ring (bicyclic) bond motifs is 1. The van der Waals surface area contributed by atoms with E-state index in [4.69, 9.17) is 16.3 Å². The molecule has 3 aromatic rings. The standard InChI is InChI=1S/C18H15ClN2O3/c1-10-3-5-12-13(17(22)21-15(12)7-10)9-20-16-8-11(18(23)24-2)4-6-14(16)19/h3-9,21-22H,1-2H3. The number of nitrogens with zero attached hydrogens (tertiary/aromatic N) is 1. The van der Waals surface area contributed by atoms with E-state index >= 15 is 0 Å². The number of carbonyl (C=O) groups is 1. The Kier molecular flexibility index (Phi) is 4.27. The van der Waals surface area contributed by atoms with Crippen LogP contribution in [0, 0.1) is 6.92 Å². The topological polar surface area (TPSA) is 74.7 Å². The SMILES string of the molecule is COC(=O)c1ccc(Cl)c(N=Cc2c(O)[nH]c3cc(C)ccc23)c1. The number of aromatic nitrogens is 1. The third-order valence-corrected chi connectivity index (χ3v) is 3.99.